The number of carboxylic acids is 1. The second kappa shape index (κ2) is 11.3. The Morgan fingerprint density at radius 3 is 2.35 bits per heavy atom. The van der Waals surface area contributed by atoms with Gasteiger partial charge in [-0.05, 0) is 42.2 Å². The highest BCUT2D eigenvalue weighted by atomic mass is 32.2. The molecule has 2 atom stereocenters. The van der Waals surface area contributed by atoms with E-state index in [0.29, 0.717) is 24.1 Å². The van der Waals surface area contributed by atoms with Crippen LogP contribution in [-0.2, 0) is 9.59 Å². The lowest BCUT2D eigenvalue weighted by Gasteiger charge is -2.27. The lowest BCUT2D eigenvalue weighted by atomic mass is 9.78. The number of fused-ring (bicyclic) bond motifs is 1. The number of Topliss-reactive ketones (excluding diaryl/α,β-unsaturated/α-hetero) is 1. The standard InChI is InChI=1S/C29H26N2O4S2/c32-25(20-12-10-19(11-13-20)18-6-2-1-3-7-18)17-36-29-31-24-15-14-21(16-26(24)37-29)30-27(33)22-8-4-5-9-23(22)28(34)35/h1-3,6-7,10-16,22-23H,4-5,8-9,17H2,(H,30,33)(H,34,35)/t22-,23-/m0/s1. The highest BCUT2D eigenvalue weighted by Crippen LogP contribution is 2.34. The van der Waals surface area contributed by atoms with E-state index in [0.717, 1.165) is 38.5 Å². The Balaban J connectivity index is 1.21. The number of carbonyl (C=O) groups is 3. The molecule has 2 N–H and O–H groups in total. The first kappa shape index (κ1) is 25.2. The first-order chi connectivity index (χ1) is 18.0. The third kappa shape index (κ3) is 5.92. The fraction of sp³-hybridized carbons (Fsp3) is 0.241. The maximum absolute atomic E-state index is 12.8. The molecule has 0 bridgehead atoms. The molecule has 188 valence electrons. The minimum atomic E-state index is -0.902. The zero-order valence-corrected chi connectivity index (χ0v) is 21.7. The van der Waals surface area contributed by atoms with Crippen molar-refractivity contribution in [3.05, 3.63) is 78.4 Å². The number of anilines is 1. The van der Waals surface area contributed by atoms with Crippen molar-refractivity contribution in [2.75, 3.05) is 11.1 Å². The van der Waals surface area contributed by atoms with Crippen molar-refractivity contribution in [3.63, 3.8) is 0 Å². The van der Waals surface area contributed by atoms with Crippen LogP contribution in [0.4, 0.5) is 5.69 Å². The van der Waals surface area contributed by atoms with E-state index < -0.39 is 17.8 Å². The van der Waals surface area contributed by atoms with E-state index in [1.165, 1.54) is 23.1 Å². The molecular formula is C29H26N2O4S2. The largest absolute Gasteiger partial charge is 0.481 e. The minimum absolute atomic E-state index is 0.0392. The predicted octanol–water partition coefficient (Wildman–Crippen LogP) is 6.77. The number of hydrogen-bond acceptors (Lipinski definition) is 6. The van der Waals surface area contributed by atoms with Crippen LogP contribution < -0.4 is 5.32 Å². The Morgan fingerprint density at radius 2 is 1.62 bits per heavy atom. The van der Waals surface area contributed by atoms with Gasteiger partial charge in [-0.25, -0.2) is 4.98 Å². The van der Waals surface area contributed by atoms with E-state index in [2.05, 4.69) is 10.3 Å². The summed E-state index contributed by atoms with van der Waals surface area (Å²) in [5, 5.41) is 12.4. The van der Waals surface area contributed by atoms with Crippen LogP contribution >= 0.6 is 23.1 Å². The van der Waals surface area contributed by atoms with Gasteiger partial charge in [-0.15, -0.1) is 11.3 Å². The number of ketones is 1. The van der Waals surface area contributed by atoms with Gasteiger partial charge in [0, 0.05) is 11.3 Å². The Labute approximate surface area is 223 Å². The number of thioether (sulfide) groups is 1. The number of nitrogens with one attached hydrogen (secondary N) is 1. The molecule has 1 heterocycles. The van der Waals surface area contributed by atoms with Gasteiger partial charge in [0.05, 0.1) is 27.8 Å². The second-order valence-electron chi connectivity index (χ2n) is 9.14. The summed E-state index contributed by atoms with van der Waals surface area (Å²) in [4.78, 5) is 41.7. The lowest BCUT2D eigenvalue weighted by Crippen LogP contribution is -2.36. The predicted molar refractivity (Wildman–Crippen MR) is 148 cm³/mol. The molecule has 8 heteroatoms. The number of carbonyl (C=O) groups excluding carboxylic acids is 2. The highest BCUT2D eigenvalue weighted by molar-refractivity contribution is 8.01. The molecule has 1 fully saturated rings. The fourth-order valence-corrected chi connectivity index (χ4v) is 6.71. The summed E-state index contributed by atoms with van der Waals surface area (Å²) in [7, 11) is 0. The summed E-state index contributed by atoms with van der Waals surface area (Å²) < 4.78 is 1.68. The summed E-state index contributed by atoms with van der Waals surface area (Å²) >= 11 is 2.87. The lowest BCUT2D eigenvalue weighted by molar-refractivity contribution is -0.147. The first-order valence-electron chi connectivity index (χ1n) is 12.2. The van der Waals surface area contributed by atoms with E-state index in [-0.39, 0.29) is 17.4 Å². The van der Waals surface area contributed by atoms with Crippen molar-refractivity contribution in [2.24, 2.45) is 11.8 Å². The van der Waals surface area contributed by atoms with Crippen LogP contribution in [0, 0.1) is 11.8 Å². The Bertz CT molecular complexity index is 1430. The van der Waals surface area contributed by atoms with Crippen LogP contribution in [0.1, 0.15) is 36.0 Å². The van der Waals surface area contributed by atoms with Crippen LogP contribution in [0.5, 0.6) is 0 Å². The van der Waals surface area contributed by atoms with E-state index in [4.69, 9.17) is 0 Å². The number of thiazole rings is 1. The molecule has 5 rings (SSSR count). The number of amides is 1. The summed E-state index contributed by atoms with van der Waals surface area (Å²) in [5.41, 5.74) is 4.27. The molecular weight excluding hydrogens is 504 g/mol. The van der Waals surface area contributed by atoms with Gasteiger partial charge in [0.25, 0.3) is 0 Å². The van der Waals surface area contributed by atoms with Crippen molar-refractivity contribution in [1.82, 2.24) is 4.98 Å². The van der Waals surface area contributed by atoms with Crippen molar-refractivity contribution in [3.8, 4) is 11.1 Å². The Hall–Kier alpha value is -3.49. The van der Waals surface area contributed by atoms with Gasteiger partial charge in [-0.3, -0.25) is 14.4 Å². The van der Waals surface area contributed by atoms with Crippen LogP contribution in [-0.4, -0.2) is 33.5 Å². The molecule has 1 aliphatic carbocycles. The van der Waals surface area contributed by atoms with E-state index in [1.54, 1.807) is 6.07 Å². The number of aromatic nitrogens is 1. The summed E-state index contributed by atoms with van der Waals surface area (Å²) in [6.45, 7) is 0. The number of benzene rings is 3. The monoisotopic (exact) mass is 530 g/mol. The molecule has 1 aromatic heterocycles. The third-order valence-electron chi connectivity index (χ3n) is 6.70. The number of nitrogens with zero attached hydrogens (tertiary/aromatic N) is 1. The van der Waals surface area contributed by atoms with Crippen molar-refractivity contribution < 1.29 is 19.5 Å². The average Bonchev–Trinajstić information content (AvgIpc) is 3.34. The van der Waals surface area contributed by atoms with E-state index in [9.17, 15) is 19.5 Å². The molecule has 0 spiro atoms. The van der Waals surface area contributed by atoms with Gasteiger partial charge in [0.2, 0.25) is 5.91 Å². The quantitative estimate of drug-likeness (QED) is 0.193. The van der Waals surface area contributed by atoms with Crippen LogP contribution in [0.15, 0.2) is 77.1 Å². The Kier molecular flexibility index (Phi) is 7.67. The molecule has 0 aliphatic heterocycles. The normalized spacial score (nSPS) is 17.4. The smallest absolute Gasteiger partial charge is 0.307 e. The van der Waals surface area contributed by atoms with Crippen molar-refractivity contribution in [2.45, 2.75) is 30.0 Å². The van der Waals surface area contributed by atoms with Crippen LogP contribution in [0.25, 0.3) is 21.3 Å². The number of hydrogen-bond donors (Lipinski definition) is 2. The second-order valence-corrected chi connectivity index (χ2v) is 11.4. The third-order valence-corrected chi connectivity index (χ3v) is 8.86. The summed E-state index contributed by atoms with van der Waals surface area (Å²) in [6.07, 6.45) is 2.84. The van der Waals surface area contributed by atoms with Gasteiger partial charge in [0.15, 0.2) is 10.1 Å². The number of aliphatic carboxylic acids is 1. The zero-order chi connectivity index (χ0) is 25.8. The molecule has 0 saturated heterocycles. The van der Waals surface area contributed by atoms with Gasteiger partial charge >= 0.3 is 5.97 Å². The van der Waals surface area contributed by atoms with Crippen LogP contribution in [0.2, 0.25) is 0 Å². The molecule has 0 radical (unpaired) electrons. The van der Waals surface area contributed by atoms with Gasteiger partial charge in [-0.2, -0.15) is 0 Å². The molecule has 1 aliphatic rings. The van der Waals surface area contributed by atoms with Crippen molar-refractivity contribution in [1.29, 1.82) is 0 Å². The van der Waals surface area contributed by atoms with Gasteiger partial charge < -0.3 is 10.4 Å². The average molecular weight is 531 g/mol. The van der Waals surface area contributed by atoms with Crippen LogP contribution in [0.3, 0.4) is 0 Å². The molecule has 37 heavy (non-hydrogen) atoms. The summed E-state index contributed by atoms with van der Waals surface area (Å²) in [6, 6.07) is 23.2. The van der Waals surface area contributed by atoms with Gasteiger partial charge in [-0.1, -0.05) is 79.2 Å². The molecule has 4 aromatic rings. The van der Waals surface area contributed by atoms with Crippen molar-refractivity contribution >= 4 is 56.7 Å². The molecule has 1 amide bonds. The van der Waals surface area contributed by atoms with E-state index in [1.807, 2.05) is 66.7 Å². The molecule has 1 saturated carbocycles. The number of carboxylic acid groups (broad SMARTS) is 1. The maximum Gasteiger partial charge on any atom is 0.307 e. The minimum Gasteiger partial charge on any atom is -0.481 e. The maximum atomic E-state index is 12.8. The Morgan fingerprint density at radius 1 is 0.919 bits per heavy atom. The molecule has 0 unspecified atom stereocenters. The highest BCUT2D eigenvalue weighted by Gasteiger charge is 2.35. The van der Waals surface area contributed by atoms with Gasteiger partial charge in [0.1, 0.15) is 0 Å². The number of rotatable bonds is 8. The SMILES string of the molecule is O=C(CSc1nc2ccc(NC(=O)[C@H]3CCCC[C@@H]3C(=O)O)cc2s1)c1ccc(-c2ccccc2)cc1. The molecule has 3 aromatic carbocycles. The molecule has 6 nitrogen and oxygen atoms in total. The summed E-state index contributed by atoms with van der Waals surface area (Å²) in [5.74, 6) is -1.96. The first-order valence-corrected chi connectivity index (χ1v) is 14.0. The topological polar surface area (TPSA) is 96.4 Å². The van der Waals surface area contributed by atoms with E-state index >= 15 is 0 Å². The zero-order valence-electron chi connectivity index (χ0n) is 20.1. The fourth-order valence-electron chi connectivity index (χ4n) is 4.71.